The first-order valence-electron chi connectivity index (χ1n) is 10.2. The Morgan fingerprint density at radius 2 is 0.909 bits per heavy atom. The quantitative estimate of drug-likeness (QED) is 0.255. The van der Waals surface area contributed by atoms with Gasteiger partial charge in [-0.15, -0.1) is 0 Å². The van der Waals surface area contributed by atoms with Gasteiger partial charge >= 0.3 is 0 Å². The third kappa shape index (κ3) is 14.6. The summed E-state index contributed by atoms with van der Waals surface area (Å²) in [5, 5.41) is 0. The van der Waals surface area contributed by atoms with Gasteiger partial charge in [0.15, 0.2) is 0 Å². The van der Waals surface area contributed by atoms with Crippen molar-refractivity contribution in [3.8, 4) is 0 Å². The molecule has 0 aromatic heterocycles. The summed E-state index contributed by atoms with van der Waals surface area (Å²) < 4.78 is 0. The summed E-state index contributed by atoms with van der Waals surface area (Å²) in [7, 11) is 0. The smallest absolute Gasteiger partial charge is 0.132 e. The van der Waals surface area contributed by atoms with E-state index < -0.39 is 0 Å². The second-order valence-corrected chi connectivity index (χ2v) is 7.13. The van der Waals surface area contributed by atoms with E-state index in [-0.39, 0.29) is 0 Å². The lowest BCUT2D eigenvalue weighted by atomic mass is 9.91. The predicted octanol–water partition coefficient (Wildman–Crippen LogP) is 7.47. The Bertz CT molecular complexity index is 234. The van der Waals surface area contributed by atoms with Crippen LogP contribution >= 0.6 is 0 Å². The van der Waals surface area contributed by atoms with E-state index in [0.717, 1.165) is 12.8 Å². The largest absolute Gasteiger partial charge is 0.300 e. The van der Waals surface area contributed by atoms with Crippen LogP contribution in [-0.2, 0) is 4.79 Å². The molecule has 0 heterocycles. The first-order valence-corrected chi connectivity index (χ1v) is 10.2. The van der Waals surface area contributed by atoms with Crippen molar-refractivity contribution >= 4 is 5.78 Å². The van der Waals surface area contributed by atoms with Crippen molar-refractivity contribution in [3.05, 3.63) is 0 Å². The third-order valence-corrected chi connectivity index (χ3v) is 4.89. The van der Waals surface area contributed by atoms with E-state index >= 15 is 0 Å². The summed E-state index contributed by atoms with van der Waals surface area (Å²) in [6.07, 6.45) is 21.1. The van der Waals surface area contributed by atoms with Crippen LogP contribution in [0.5, 0.6) is 0 Å². The van der Waals surface area contributed by atoms with Gasteiger partial charge in [-0.25, -0.2) is 0 Å². The molecule has 0 aliphatic carbocycles. The van der Waals surface area contributed by atoms with Gasteiger partial charge in [-0.3, -0.25) is 4.79 Å². The first kappa shape index (κ1) is 21.7. The van der Waals surface area contributed by atoms with E-state index in [9.17, 15) is 4.79 Å². The SMILES string of the molecule is CCCCCCCCCCC(CCCCCCCC)C(C)=O. The van der Waals surface area contributed by atoms with Crippen molar-refractivity contribution in [1.82, 2.24) is 0 Å². The molecule has 0 spiro atoms. The minimum Gasteiger partial charge on any atom is -0.300 e. The van der Waals surface area contributed by atoms with Gasteiger partial charge in [-0.2, -0.15) is 0 Å². The van der Waals surface area contributed by atoms with Crippen LogP contribution in [0.2, 0.25) is 0 Å². The van der Waals surface area contributed by atoms with E-state index in [1.54, 1.807) is 6.92 Å². The molecule has 132 valence electrons. The molecule has 0 saturated carbocycles. The lowest BCUT2D eigenvalue weighted by molar-refractivity contribution is -0.121. The summed E-state index contributed by atoms with van der Waals surface area (Å²) in [4.78, 5) is 11.7. The molecule has 1 nitrogen and oxygen atoms in total. The summed E-state index contributed by atoms with van der Waals surface area (Å²) in [6, 6.07) is 0. The van der Waals surface area contributed by atoms with Gasteiger partial charge in [-0.05, 0) is 19.8 Å². The van der Waals surface area contributed by atoms with Crippen molar-refractivity contribution < 1.29 is 4.79 Å². The minimum atomic E-state index is 0.353. The van der Waals surface area contributed by atoms with Gasteiger partial charge < -0.3 is 0 Å². The Morgan fingerprint density at radius 1 is 0.591 bits per heavy atom. The maximum absolute atomic E-state index is 11.7. The highest BCUT2D eigenvalue weighted by atomic mass is 16.1. The molecule has 22 heavy (non-hydrogen) atoms. The van der Waals surface area contributed by atoms with Crippen LogP contribution in [0, 0.1) is 5.92 Å². The minimum absolute atomic E-state index is 0.353. The van der Waals surface area contributed by atoms with Gasteiger partial charge in [0.25, 0.3) is 0 Å². The number of carbonyl (C=O) groups is 1. The monoisotopic (exact) mass is 310 g/mol. The fourth-order valence-electron chi connectivity index (χ4n) is 3.25. The summed E-state index contributed by atoms with van der Waals surface area (Å²) >= 11 is 0. The Morgan fingerprint density at radius 3 is 1.23 bits per heavy atom. The van der Waals surface area contributed by atoms with E-state index in [0.29, 0.717) is 11.7 Å². The lowest BCUT2D eigenvalue weighted by Gasteiger charge is -2.13. The second-order valence-electron chi connectivity index (χ2n) is 7.13. The lowest BCUT2D eigenvalue weighted by Crippen LogP contribution is -2.10. The fourth-order valence-corrected chi connectivity index (χ4v) is 3.25. The molecule has 0 amide bonds. The molecule has 0 aromatic carbocycles. The standard InChI is InChI=1S/C21H42O/c1-4-6-8-10-12-13-15-17-19-21(20(3)22)18-16-14-11-9-7-5-2/h21H,4-19H2,1-3H3. The van der Waals surface area contributed by atoms with Gasteiger partial charge in [0, 0.05) is 5.92 Å². The summed E-state index contributed by atoms with van der Waals surface area (Å²) in [6.45, 7) is 6.33. The molecule has 1 unspecified atom stereocenters. The van der Waals surface area contributed by atoms with Crippen molar-refractivity contribution in [2.45, 2.75) is 124 Å². The van der Waals surface area contributed by atoms with Crippen LogP contribution in [0.3, 0.4) is 0 Å². The molecule has 0 saturated heterocycles. The molecule has 0 radical (unpaired) electrons. The second kappa shape index (κ2) is 17.0. The number of ketones is 1. The van der Waals surface area contributed by atoms with E-state index in [1.165, 1.54) is 89.9 Å². The first-order chi connectivity index (χ1) is 10.7. The number of unbranched alkanes of at least 4 members (excludes halogenated alkanes) is 12. The van der Waals surface area contributed by atoms with Crippen molar-refractivity contribution in [2.75, 3.05) is 0 Å². The zero-order valence-electron chi connectivity index (χ0n) is 15.8. The maximum atomic E-state index is 11.7. The molecular weight excluding hydrogens is 268 g/mol. The Labute approximate surface area is 140 Å². The third-order valence-electron chi connectivity index (χ3n) is 4.89. The van der Waals surface area contributed by atoms with Crippen LogP contribution in [0.25, 0.3) is 0 Å². The molecule has 1 heteroatoms. The van der Waals surface area contributed by atoms with Crippen molar-refractivity contribution in [3.63, 3.8) is 0 Å². The molecule has 0 aliphatic rings. The molecule has 0 aromatic rings. The number of hydrogen-bond acceptors (Lipinski definition) is 1. The Kier molecular flexibility index (Phi) is 16.8. The molecular formula is C21H42O. The number of rotatable bonds is 17. The molecule has 1 atom stereocenters. The van der Waals surface area contributed by atoms with Crippen LogP contribution in [0.1, 0.15) is 124 Å². The van der Waals surface area contributed by atoms with E-state index in [2.05, 4.69) is 13.8 Å². The molecule has 0 bridgehead atoms. The van der Waals surface area contributed by atoms with Crippen LogP contribution in [0.4, 0.5) is 0 Å². The highest BCUT2D eigenvalue weighted by molar-refractivity contribution is 5.78. The van der Waals surface area contributed by atoms with E-state index in [4.69, 9.17) is 0 Å². The average Bonchev–Trinajstić information content (AvgIpc) is 2.50. The zero-order valence-corrected chi connectivity index (χ0v) is 15.8. The highest BCUT2D eigenvalue weighted by Crippen LogP contribution is 2.20. The Balaban J connectivity index is 3.50. The Hall–Kier alpha value is -0.330. The molecule has 0 rings (SSSR count). The van der Waals surface area contributed by atoms with Crippen LogP contribution in [0.15, 0.2) is 0 Å². The molecule has 0 fully saturated rings. The van der Waals surface area contributed by atoms with Gasteiger partial charge in [0.2, 0.25) is 0 Å². The van der Waals surface area contributed by atoms with Crippen molar-refractivity contribution in [2.24, 2.45) is 5.92 Å². The van der Waals surface area contributed by atoms with Gasteiger partial charge in [0.1, 0.15) is 5.78 Å². The highest BCUT2D eigenvalue weighted by Gasteiger charge is 2.13. The van der Waals surface area contributed by atoms with Crippen LogP contribution in [-0.4, -0.2) is 5.78 Å². The van der Waals surface area contributed by atoms with Crippen molar-refractivity contribution in [1.29, 1.82) is 0 Å². The van der Waals surface area contributed by atoms with Gasteiger partial charge in [-0.1, -0.05) is 104 Å². The number of carbonyl (C=O) groups excluding carboxylic acids is 1. The topological polar surface area (TPSA) is 17.1 Å². The summed E-state index contributed by atoms with van der Waals surface area (Å²) in [5.41, 5.74) is 0. The number of hydrogen-bond donors (Lipinski definition) is 0. The summed E-state index contributed by atoms with van der Waals surface area (Å²) in [5.74, 6) is 0.780. The fraction of sp³-hybridized carbons (Fsp3) is 0.952. The number of Topliss-reactive ketones (excluding diaryl/α,β-unsaturated/α-hetero) is 1. The molecule has 0 N–H and O–H groups in total. The predicted molar refractivity (Wildman–Crippen MR) is 99.4 cm³/mol. The zero-order chi connectivity index (χ0) is 16.5. The van der Waals surface area contributed by atoms with E-state index in [1.807, 2.05) is 0 Å². The maximum Gasteiger partial charge on any atom is 0.132 e. The van der Waals surface area contributed by atoms with Gasteiger partial charge in [0.05, 0.1) is 0 Å². The normalized spacial score (nSPS) is 12.5. The molecule has 0 aliphatic heterocycles. The average molecular weight is 311 g/mol. The van der Waals surface area contributed by atoms with Crippen LogP contribution < -0.4 is 0 Å².